The van der Waals surface area contributed by atoms with Crippen LogP contribution in [0.3, 0.4) is 0 Å². The largest absolute Gasteiger partial charge is 0.480 e. The second-order valence-electron chi connectivity index (χ2n) is 4.26. The lowest BCUT2D eigenvalue weighted by Crippen LogP contribution is -2.34. The standard InChI is InChI=1S/C12H15BrN2O3/c1-6(2)10(12(17)18)15-9-4-3-7(11(14)16)5-8(9)13/h3-6,10,15H,1-2H3,(H2,14,16)(H,17,18). The number of anilines is 1. The van der Waals surface area contributed by atoms with E-state index in [4.69, 9.17) is 10.8 Å². The molecular weight excluding hydrogens is 300 g/mol. The van der Waals surface area contributed by atoms with Crippen molar-refractivity contribution in [2.24, 2.45) is 11.7 Å². The van der Waals surface area contributed by atoms with E-state index >= 15 is 0 Å². The number of hydrogen-bond acceptors (Lipinski definition) is 3. The second kappa shape index (κ2) is 5.86. The van der Waals surface area contributed by atoms with E-state index in [9.17, 15) is 9.59 Å². The molecule has 0 aliphatic carbocycles. The highest BCUT2D eigenvalue weighted by atomic mass is 79.9. The number of carbonyl (C=O) groups is 2. The molecule has 6 heteroatoms. The molecule has 4 N–H and O–H groups in total. The third kappa shape index (κ3) is 3.46. The van der Waals surface area contributed by atoms with E-state index in [2.05, 4.69) is 21.2 Å². The number of benzene rings is 1. The minimum absolute atomic E-state index is 0.0646. The van der Waals surface area contributed by atoms with Crippen LogP contribution in [-0.2, 0) is 4.79 Å². The van der Waals surface area contributed by atoms with E-state index in [1.54, 1.807) is 18.2 Å². The third-order valence-corrected chi connectivity index (χ3v) is 3.15. The van der Waals surface area contributed by atoms with Crippen LogP contribution in [0.25, 0.3) is 0 Å². The number of aliphatic carboxylic acids is 1. The number of rotatable bonds is 5. The predicted molar refractivity (Wildman–Crippen MR) is 72.5 cm³/mol. The zero-order chi connectivity index (χ0) is 13.9. The van der Waals surface area contributed by atoms with Crippen molar-refractivity contribution in [3.05, 3.63) is 28.2 Å². The maximum absolute atomic E-state index is 11.1. The van der Waals surface area contributed by atoms with Gasteiger partial charge in [0, 0.05) is 15.7 Å². The molecule has 0 saturated carbocycles. The number of primary amides is 1. The first-order valence-electron chi connectivity index (χ1n) is 5.41. The maximum Gasteiger partial charge on any atom is 0.326 e. The molecule has 0 radical (unpaired) electrons. The van der Waals surface area contributed by atoms with Gasteiger partial charge in [0.1, 0.15) is 6.04 Å². The van der Waals surface area contributed by atoms with E-state index in [1.165, 1.54) is 0 Å². The Kier molecular flexibility index (Phi) is 4.72. The minimum atomic E-state index is -0.920. The molecule has 1 aromatic rings. The van der Waals surface area contributed by atoms with Gasteiger partial charge in [-0.05, 0) is 40.0 Å². The van der Waals surface area contributed by atoms with Crippen molar-refractivity contribution < 1.29 is 14.7 Å². The highest BCUT2D eigenvalue weighted by Gasteiger charge is 2.21. The fourth-order valence-electron chi connectivity index (χ4n) is 1.47. The van der Waals surface area contributed by atoms with Gasteiger partial charge in [0.25, 0.3) is 0 Å². The lowest BCUT2D eigenvalue weighted by molar-refractivity contribution is -0.138. The SMILES string of the molecule is CC(C)C(Nc1ccc(C(N)=O)cc1Br)C(=O)O. The molecule has 98 valence electrons. The molecule has 0 fully saturated rings. The average Bonchev–Trinajstić information content (AvgIpc) is 2.25. The topological polar surface area (TPSA) is 92.4 Å². The van der Waals surface area contributed by atoms with Crippen molar-refractivity contribution in [2.45, 2.75) is 19.9 Å². The Morgan fingerprint density at radius 1 is 1.39 bits per heavy atom. The van der Waals surface area contributed by atoms with E-state index < -0.39 is 17.9 Å². The molecule has 1 atom stereocenters. The molecule has 0 saturated heterocycles. The fourth-order valence-corrected chi connectivity index (χ4v) is 1.96. The lowest BCUT2D eigenvalue weighted by Gasteiger charge is -2.20. The Morgan fingerprint density at radius 3 is 2.39 bits per heavy atom. The summed E-state index contributed by atoms with van der Waals surface area (Å²) in [6.45, 7) is 3.63. The molecule has 1 unspecified atom stereocenters. The number of amides is 1. The molecule has 0 aliphatic heterocycles. The maximum atomic E-state index is 11.1. The van der Waals surface area contributed by atoms with Crippen molar-refractivity contribution in [1.82, 2.24) is 0 Å². The number of carbonyl (C=O) groups excluding carboxylic acids is 1. The predicted octanol–water partition coefficient (Wildman–Crippen LogP) is 2.07. The number of carboxylic acid groups (broad SMARTS) is 1. The minimum Gasteiger partial charge on any atom is -0.480 e. The molecule has 0 heterocycles. The molecular formula is C12H15BrN2O3. The van der Waals surface area contributed by atoms with Crippen LogP contribution in [0.1, 0.15) is 24.2 Å². The van der Waals surface area contributed by atoms with Crippen LogP contribution in [0.2, 0.25) is 0 Å². The van der Waals surface area contributed by atoms with Gasteiger partial charge in [-0.25, -0.2) is 4.79 Å². The molecule has 18 heavy (non-hydrogen) atoms. The Balaban J connectivity index is 2.97. The summed E-state index contributed by atoms with van der Waals surface area (Å²) in [7, 11) is 0. The summed E-state index contributed by atoms with van der Waals surface area (Å²) in [5, 5.41) is 12.0. The van der Waals surface area contributed by atoms with Gasteiger partial charge in [-0.1, -0.05) is 13.8 Å². The van der Waals surface area contributed by atoms with E-state index in [0.717, 1.165) is 0 Å². The summed E-state index contributed by atoms with van der Waals surface area (Å²) in [5.41, 5.74) is 6.13. The van der Waals surface area contributed by atoms with Gasteiger partial charge in [-0.2, -0.15) is 0 Å². The highest BCUT2D eigenvalue weighted by Crippen LogP contribution is 2.25. The number of hydrogen-bond donors (Lipinski definition) is 3. The summed E-state index contributed by atoms with van der Waals surface area (Å²) in [5.74, 6) is -1.51. The van der Waals surface area contributed by atoms with Gasteiger partial charge < -0.3 is 16.2 Å². The summed E-state index contributed by atoms with van der Waals surface area (Å²) in [4.78, 5) is 22.1. The smallest absolute Gasteiger partial charge is 0.326 e. The van der Waals surface area contributed by atoms with Crippen LogP contribution in [0.4, 0.5) is 5.69 Å². The Morgan fingerprint density at radius 2 is 2.00 bits per heavy atom. The summed E-state index contributed by atoms with van der Waals surface area (Å²) < 4.78 is 0.602. The number of nitrogens with one attached hydrogen (secondary N) is 1. The van der Waals surface area contributed by atoms with Gasteiger partial charge in [-0.3, -0.25) is 4.79 Å². The fraction of sp³-hybridized carbons (Fsp3) is 0.333. The summed E-state index contributed by atoms with van der Waals surface area (Å²) in [6, 6.07) is 4.04. The van der Waals surface area contributed by atoms with Crippen molar-refractivity contribution in [3.63, 3.8) is 0 Å². The van der Waals surface area contributed by atoms with Crippen LogP contribution in [0, 0.1) is 5.92 Å². The van der Waals surface area contributed by atoms with Crippen molar-refractivity contribution in [2.75, 3.05) is 5.32 Å². The molecule has 1 amide bonds. The zero-order valence-electron chi connectivity index (χ0n) is 10.1. The average molecular weight is 315 g/mol. The zero-order valence-corrected chi connectivity index (χ0v) is 11.7. The molecule has 1 rings (SSSR count). The first-order valence-corrected chi connectivity index (χ1v) is 6.21. The monoisotopic (exact) mass is 314 g/mol. The first-order chi connectivity index (χ1) is 8.32. The first kappa shape index (κ1) is 14.5. The number of nitrogens with two attached hydrogens (primary N) is 1. The molecule has 0 aromatic heterocycles. The quantitative estimate of drug-likeness (QED) is 0.775. The van der Waals surface area contributed by atoms with Gasteiger partial charge in [0.2, 0.25) is 5.91 Å². The normalized spacial score (nSPS) is 12.2. The van der Waals surface area contributed by atoms with E-state index in [0.29, 0.717) is 15.7 Å². The third-order valence-electron chi connectivity index (χ3n) is 2.50. The van der Waals surface area contributed by atoms with Crippen LogP contribution < -0.4 is 11.1 Å². The van der Waals surface area contributed by atoms with Gasteiger partial charge in [-0.15, -0.1) is 0 Å². The highest BCUT2D eigenvalue weighted by molar-refractivity contribution is 9.10. The molecule has 0 spiro atoms. The summed E-state index contributed by atoms with van der Waals surface area (Å²) in [6.07, 6.45) is 0. The number of carboxylic acids is 1. The Labute approximate surface area is 113 Å². The van der Waals surface area contributed by atoms with Gasteiger partial charge in [0.15, 0.2) is 0 Å². The van der Waals surface area contributed by atoms with Crippen molar-refractivity contribution in [3.8, 4) is 0 Å². The number of halogens is 1. The molecule has 0 bridgehead atoms. The van der Waals surface area contributed by atoms with Crippen LogP contribution in [-0.4, -0.2) is 23.0 Å². The van der Waals surface area contributed by atoms with Gasteiger partial charge >= 0.3 is 5.97 Å². The van der Waals surface area contributed by atoms with Crippen LogP contribution >= 0.6 is 15.9 Å². The lowest BCUT2D eigenvalue weighted by atomic mass is 10.0. The van der Waals surface area contributed by atoms with Crippen molar-refractivity contribution >= 4 is 33.5 Å². The Hall–Kier alpha value is -1.56. The van der Waals surface area contributed by atoms with Gasteiger partial charge in [0.05, 0.1) is 0 Å². The molecule has 0 aliphatic rings. The molecule has 5 nitrogen and oxygen atoms in total. The van der Waals surface area contributed by atoms with Crippen LogP contribution in [0.5, 0.6) is 0 Å². The van der Waals surface area contributed by atoms with Crippen molar-refractivity contribution in [1.29, 1.82) is 0 Å². The summed E-state index contributed by atoms with van der Waals surface area (Å²) >= 11 is 3.28. The second-order valence-corrected chi connectivity index (χ2v) is 5.12. The van der Waals surface area contributed by atoms with E-state index in [1.807, 2.05) is 13.8 Å². The van der Waals surface area contributed by atoms with Crippen LogP contribution in [0.15, 0.2) is 22.7 Å². The van der Waals surface area contributed by atoms with E-state index in [-0.39, 0.29) is 5.92 Å². The molecule has 1 aromatic carbocycles. The Bertz CT molecular complexity index is 474.